The van der Waals surface area contributed by atoms with Crippen molar-refractivity contribution in [1.29, 1.82) is 0 Å². The van der Waals surface area contributed by atoms with Crippen molar-refractivity contribution in [2.45, 2.75) is 90.0 Å². The molecule has 13 heteroatoms. The normalized spacial score (nSPS) is 18.8. The van der Waals surface area contributed by atoms with E-state index in [1.807, 2.05) is 20.8 Å². The quantitative estimate of drug-likeness (QED) is 0.132. The van der Waals surface area contributed by atoms with E-state index in [1.54, 1.807) is 19.1 Å². The number of aromatic nitrogens is 1. The molecule has 0 saturated heterocycles. The van der Waals surface area contributed by atoms with E-state index in [9.17, 15) is 31.9 Å². The van der Waals surface area contributed by atoms with Gasteiger partial charge in [-0.25, -0.2) is 4.39 Å². The van der Waals surface area contributed by atoms with Crippen molar-refractivity contribution in [1.82, 2.24) is 20.9 Å². The van der Waals surface area contributed by atoms with Crippen LogP contribution in [0.2, 0.25) is 0 Å². The van der Waals surface area contributed by atoms with Crippen LogP contribution in [0, 0.1) is 17.7 Å². The summed E-state index contributed by atoms with van der Waals surface area (Å²) in [5.74, 6) is -2.90. The number of carbonyl (C=O) groups is 3. The van der Waals surface area contributed by atoms with Crippen LogP contribution in [0.5, 0.6) is 0 Å². The predicted molar refractivity (Wildman–Crippen MR) is 176 cm³/mol. The first-order valence-corrected chi connectivity index (χ1v) is 16.2. The summed E-state index contributed by atoms with van der Waals surface area (Å²) in [5, 5.41) is 8.84. The van der Waals surface area contributed by atoms with Gasteiger partial charge in [0.2, 0.25) is 17.7 Å². The van der Waals surface area contributed by atoms with Gasteiger partial charge in [0.25, 0.3) is 0 Å². The van der Waals surface area contributed by atoms with Crippen LogP contribution in [0.4, 0.5) is 17.6 Å². The lowest BCUT2D eigenvalue weighted by Gasteiger charge is -2.40. The first-order chi connectivity index (χ1) is 22.1. The van der Waals surface area contributed by atoms with Gasteiger partial charge in [-0.15, -0.1) is 0 Å². The summed E-state index contributed by atoms with van der Waals surface area (Å²) >= 11 is 5.26. The minimum Gasteiger partial charge on any atom is -0.392 e. The zero-order chi connectivity index (χ0) is 34.7. The first-order valence-electron chi connectivity index (χ1n) is 15.8. The molecule has 2 aromatic carbocycles. The van der Waals surface area contributed by atoms with Crippen LogP contribution in [0.1, 0.15) is 69.3 Å². The maximum absolute atomic E-state index is 14.3. The molecule has 6 N–H and O–H groups in total. The van der Waals surface area contributed by atoms with Gasteiger partial charge in [0, 0.05) is 17.5 Å². The second-order valence-corrected chi connectivity index (χ2v) is 13.0. The van der Waals surface area contributed by atoms with Crippen LogP contribution >= 0.6 is 12.2 Å². The van der Waals surface area contributed by atoms with Gasteiger partial charge in [-0.1, -0.05) is 83.1 Å². The lowest BCUT2D eigenvalue weighted by molar-refractivity contribution is -0.137. The van der Waals surface area contributed by atoms with E-state index in [1.165, 1.54) is 24.3 Å². The molecule has 0 spiro atoms. The number of H-pyrrole nitrogens is 1. The fourth-order valence-electron chi connectivity index (χ4n) is 6.13. The van der Waals surface area contributed by atoms with Crippen molar-refractivity contribution >= 4 is 45.8 Å². The van der Waals surface area contributed by atoms with E-state index in [2.05, 4.69) is 20.9 Å². The monoisotopic (exact) mass is 675 g/mol. The second-order valence-electron chi connectivity index (χ2n) is 12.5. The molecule has 2 unspecified atom stereocenters. The highest BCUT2D eigenvalue weighted by molar-refractivity contribution is 7.80. The Morgan fingerprint density at radius 1 is 1.00 bits per heavy atom. The highest BCUT2D eigenvalue weighted by Gasteiger charge is 2.47. The summed E-state index contributed by atoms with van der Waals surface area (Å²) in [5.41, 5.74) is 4.65. The van der Waals surface area contributed by atoms with Gasteiger partial charge in [-0.3, -0.25) is 14.4 Å². The van der Waals surface area contributed by atoms with Gasteiger partial charge >= 0.3 is 6.18 Å². The summed E-state index contributed by atoms with van der Waals surface area (Å²) < 4.78 is 56.0. The molecule has 0 fully saturated rings. The first kappa shape index (κ1) is 35.8. The Bertz CT molecular complexity index is 1660. The molecular weight excluding hydrogens is 634 g/mol. The SMILES string of the molecule is CCC(C)[C@H](NC(=O)Cc1ccccc1F)C(=O)N[C@]1(C(=O)N[C@H](C(N)=S)C(C)CC)CCc2[nH]c3c(C(F)(F)F)cccc3c2C1. The number of alkyl halides is 3. The number of nitrogens with one attached hydrogen (secondary N) is 4. The average molecular weight is 676 g/mol. The van der Waals surface area contributed by atoms with E-state index in [0.717, 1.165) is 6.07 Å². The number of halogens is 4. The van der Waals surface area contributed by atoms with Crippen LogP contribution in [0.3, 0.4) is 0 Å². The van der Waals surface area contributed by atoms with Crippen LogP contribution in [0.15, 0.2) is 42.5 Å². The third-order valence-electron chi connectivity index (χ3n) is 9.34. The van der Waals surface area contributed by atoms with E-state index in [-0.39, 0.29) is 53.6 Å². The zero-order valence-corrected chi connectivity index (χ0v) is 27.6. The van der Waals surface area contributed by atoms with Crippen molar-refractivity contribution in [3.63, 3.8) is 0 Å². The van der Waals surface area contributed by atoms with E-state index in [4.69, 9.17) is 18.0 Å². The third kappa shape index (κ3) is 7.77. The van der Waals surface area contributed by atoms with Crippen LogP contribution < -0.4 is 21.7 Å². The Kier molecular flexibility index (Phi) is 11.0. The van der Waals surface area contributed by atoms with Gasteiger partial charge in [0.15, 0.2) is 0 Å². The molecule has 1 aliphatic rings. The topological polar surface area (TPSA) is 129 Å². The zero-order valence-electron chi connectivity index (χ0n) is 26.8. The number of aryl methyl sites for hydroxylation is 1. The van der Waals surface area contributed by atoms with Gasteiger partial charge in [0.1, 0.15) is 17.4 Å². The Hall–Kier alpha value is -4.00. The molecule has 4 rings (SSSR count). The molecule has 254 valence electrons. The predicted octanol–water partition coefficient (Wildman–Crippen LogP) is 5.26. The molecule has 47 heavy (non-hydrogen) atoms. The number of hydrogen-bond donors (Lipinski definition) is 5. The summed E-state index contributed by atoms with van der Waals surface area (Å²) in [4.78, 5) is 44.4. The van der Waals surface area contributed by atoms with E-state index < -0.39 is 52.9 Å². The molecule has 0 radical (unpaired) electrons. The Morgan fingerprint density at radius 3 is 2.28 bits per heavy atom. The second kappa shape index (κ2) is 14.4. The lowest BCUT2D eigenvalue weighted by Crippen LogP contribution is -2.67. The van der Waals surface area contributed by atoms with Crippen molar-refractivity contribution in [2.75, 3.05) is 0 Å². The molecule has 1 aliphatic carbocycles. The third-order valence-corrected chi connectivity index (χ3v) is 9.59. The molecule has 3 aromatic rings. The number of amides is 3. The Balaban J connectivity index is 1.72. The summed E-state index contributed by atoms with van der Waals surface area (Å²) in [7, 11) is 0. The number of aromatic amines is 1. The minimum atomic E-state index is -4.61. The maximum atomic E-state index is 14.3. The molecule has 3 amide bonds. The van der Waals surface area contributed by atoms with E-state index >= 15 is 0 Å². The van der Waals surface area contributed by atoms with Crippen LogP contribution in [-0.4, -0.2) is 45.3 Å². The highest BCUT2D eigenvalue weighted by atomic mass is 32.1. The molecule has 0 aliphatic heterocycles. The number of para-hydroxylation sites is 1. The Morgan fingerprint density at radius 2 is 1.66 bits per heavy atom. The summed E-state index contributed by atoms with van der Waals surface area (Å²) in [6.07, 6.45) is -3.71. The smallest absolute Gasteiger partial charge is 0.392 e. The van der Waals surface area contributed by atoms with Gasteiger partial charge in [-0.05, 0) is 47.9 Å². The number of nitrogens with two attached hydrogens (primary N) is 1. The number of fused-ring (bicyclic) bond motifs is 3. The molecule has 0 bridgehead atoms. The van der Waals surface area contributed by atoms with Gasteiger partial charge in [-0.2, -0.15) is 13.2 Å². The summed E-state index contributed by atoms with van der Waals surface area (Å²) in [6.45, 7) is 7.39. The molecule has 0 saturated carbocycles. The molecule has 5 atom stereocenters. The van der Waals surface area contributed by atoms with Gasteiger partial charge in [0.05, 0.1) is 28.5 Å². The van der Waals surface area contributed by atoms with Crippen molar-refractivity contribution in [2.24, 2.45) is 17.6 Å². The standard InChI is InChI=1S/C34H41F4N5O3S/c1-5-18(3)27(30(39)47)42-32(46)33(15-14-25-22(17-33)21-11-9-12-23(29(21)40-25)34(36,37)38)43-31(45)28(19(4)6-2)41-26(44)16-20-10-7-8-13-24(20)35/h7-13,18-19,27-28,40H,5-6,14-17H2,1-4H3,(H2,39,47)(H,41,44)(H,42,46)(H,43,45)/t18?,19?,27-,28-,33+/m0/s1. The van der Waals surface area contributed by atoms with Crippen molar-refractivity contribution in [3.8, 4) is 0 Å². The molecule has 8 nitrogen and oxygen atoms in total. The fourth-order valence-corrected chi connectivity index (χ4v) is 6.42. The number of hydrogen-bond acceptors (Lipinski definition) is 4. The number of benzene rings is 2. The maximum Gasteiger partial charge on any atom is 0.418 e. The number of rotatable bonds is 12. The average Bonchev–Trinajstić information content (AvgIpc) is 3.39. The minimum absolute atomic E-state index is 0.0483. The Labute approximate surface area is 276 Å². The fraction of sp³-hybridized carbons (Fsp3) is 0.471. The largest absolute Gasteiger partial charge is 0.418 e. The van der Waals surface area contributed by atoms with Gasteiger partial charge < -0.3 is 26.7 Å². The molecule has 1 aromatic heterocycles. The lowest BCUT2D eigenvalue weighted by atomic mass is 9.78. The van der Waals surface area contributed by atoms with Crippen LogP contribution in [0.25, 0.3) is 10.9 Å². The number of carbonyl (C=O) groups excluding carboxylic acids is 3. The van der Waals surface area contributed by atoms with Crippen molar-refractivity contribution < 1.29 is 31.9 Å². The highest BCUT2D eigenvalue weighted by Crippen LogP contribution is 2.40. The molecular formula is C34H41F4N5O3S. The summed E-state index contributed by atoms with van der Waals surface area (Å²) in [6, 6.07) is 7.89. The van der Waals surface area contributed by atoms with Crippen LogP contribution in [-0.2, 0) is 39.8 Å². The van der Waals surface area contributed by atoms with Crippen molar-refractivity contribution in [3.05, 3.63) is 70.7 Å². The number of thiocarbonyl (C=S) groups is 1. The van der Waals surface area contributed by atoms with E-state index in [0.29, 0.717) is 29.5 Å². The molecule has 1 heterocycles.